The normalized spacial score (nSPS) is 13.7. The number of rotatable bonds is 7. The van der Waals surface area contributed by atoms with Crippen molar-refractivity contribution in [2.45, 2.75) is 39.4 Å². The van der Waals surface area contributed by atoms with Crippen LogP contribution in [0.5, 0.6) is 0 Å². The summed E-state index contributed by atoms with van der Waals surface area (Å²) in [6.07, 6.45) is 3.82. The molecular weight excluding hydrogens is 316 g/mol. The molecule has 2 N–H and O–H groups in total. The van der Waals surface area contributed by atoms with E-state index >= 15 is 0 Å². The Bertz CT molecular complexity index is 819. The minimum absolute atomic E-state index is 0.0588. The number of aromatic nitrogens is 2. The smallest absolute Gasteiger partial charge is 0.234 e. The van der Waals surface area contributed by atoms with Crippen molar-refractivity contribution >= 4 is 16.9 Å². The molecule has 1 aromatic carbocycles. The van der Waals surface area contributed by atoms with Gasteiger partial charge in [0.25, 0.3) is 0 Å². The van der Waals surface area contributed by atoms with Crippen LogP contribution < -0.4 is 10.6 Å². The molecule has 0 unspecified atom stereocenters. The van der Waals surface area contributed by atoms with Crippen LogP contribution in [0, 0.1) is 6.92 Å². The van der Waals surface area contributed by atoms with E-state index in [2.05, 4.69) is 15.7 Å². The van der Waals surface area contributed by atoms with Crippen LogP contribution in [0.4, 0.5) is 0 Å². The van der Waals surface area contributed by atoms with Crippen LogP contribution in [0.1, 0.15) is 31.2 Å². The number of nitrogens with zero attached hydrogens (tertiary/aromatic N) is 2. The lowest BCUT2D eigenvalue weighted by molar-refractivity contribution is -0.121. The summed E-state index contributed by atoms with van der Waals surface area (Å²) in [6.45, 7) is 6.94. The first-order valence-electron chi connectivity index (χ1n) is 8.51. The Balaban J connectivity index is 1.48. The molecule has 132 valence electrons. The highest BCUT2D eigenvalue weighted by atomic mass is 16.3. The van der Waals surface area contributed by atoms with Gasteiger partial charge in [0.15, 0.2) is 0 Å². The van der Waals surface area contributed by atoms with Gasteiger partial charge in [0, 0.05) is 17.6 Å². The Kier molecular flexibility index (Phi) is 5.19. The molecular formula is C19H24N4O2. The molecule has 6 heteroatoms. The first-order valence-corrected chi connectivity index (χ1v) is 8.51. The fourth-order valence-corrected chi connectivity index (χ4v) is 2.76. The molecule has 0 bridgehead atoms. The SMILES string of the molecule is Cc1cnn(C[C@@H](C)NCC(=O)N[C@@H](C)c2cc3ccccc3o2)c1. The molecule has 6 nitrogen and oxygen atoms in total. The molecule has 2 heterocycles. The zero-order valence-electron chi connectivity index (χ0n) is 14.8. The van der Waals surface area contributed by atoms with E-state index in [0.717, 1.165) is 28.8 Å². The number of nitrogens with one attached hydrogen (secondary N) is 2. The zero-order chi connectivity index (χ0) is 17.8. The third-order valence-corrected chi connectivity index (χ3v) is 4.08. The number of hydrogen-bond donors (Lipinski definition) is 2. The Morgan fingerprint density at radius 1 is 1.32 bits per heavy atom. The molecule has 0 aliphatic heterocycles. The van der Waals surface area contributed by atoms with Crippen molar-refractivity contribution in [3.63, 3.8) is 0 Å². The van der Waals surface area contributed by atoms with E-state index < -0.39 is 0 Å². The second-order valence-electron chi connectivity index (χ2n) is 6.50. The highest BCUT2D eigenvalue weighted by Crippen LogP contribution is 2.23. The number of furan rings is 1. The molecule has 0 spiro atoms. The quantitative estimate of drug-likeness (QED) is 0.694. The van der Waals surface area contributed by atoms with Crippen LogP contribution >= 0.6 is 0 Å². The number of fused-ring (bicyclic) bond motifs is 1. The first-order chi connectivity index (χ1) is 12.0. The van der Waals surface area contributed by atoms with Crippen molar-refractivity contribution in [3.8, 4) is 0 Å². The summed E-state index contributed by atoms with van der Waals surface area (Å²) in [5, 5.41) is 11.5. The Labute approximate surface area is 147 Å². The molecule has 3 aromatic rings. The fourth-order valence-electron chi connectivity index (χ4n) is 2.76. The van der Waals surface area contributed by atoms with Gasteiger partial charge in [-0.1, -0.05) is 18.2 Å². The highest BCUT2D eigenvalue weighted by molar-refractivity contribution is 5.80. The van der Waals surface area contributed by atoms with Crippen LogP contribution in [0.25, 0.3) is 11.0 Å². The van der Waals surface area contributed by atoms with Gasteiger partial charge in [-0.3, -0.25) is 9.48 Å². The van der Waals surface area contributed by atoms with E-state index in [1.54, 1.807) is 0 Å². The van der Waals surface area contributed by atoms with Crippen LogP contribution in [-0.4, -0.2) is 28.3 Å². The number of para-hydroxylation sites is 1. The third kappa shape index (κ3) is 4.48. The van der Waals surface area contributed by atoms with E-state index in [9.17, 15) is 4.79 Å². The van der Waals surface area contributed by atoms with E-state index in [0.29, 0.717) is 0 Å². The van der Waals surface area contributed by atoms with Gasteiger partial charge in [-0.15, -0.1) is 0 Å². The van der Waals surface area contributed by atoms with E-state index in [1.165, 1.54) is 0 Å². The molecule has 25 heavy (non-hydrogen) atoms. The maximum atomic E-state index is 12.2. The lowest BCUT2D eigenvalue weighted by Crippen LogP contribution is -2.40. The van der Waals surface area contributed by atoms with Crippen molar-refractivity contribution in [2.75, 3.05) is 6.54 Å². The predicted octanol–water partition coefficient (Wildman–Crippen LogP) is 2.79. The molecule has 3 rings (SSSR count). The Morgan fingerprint density at radius 3 is 2.84 bits per heavy atom. The molecule has 2 atom stereocenters. The second kappa shape index (κ2) is 7.53. The van der Waals surface area contributed by atoms with Crippen LogP contribution in [-0.2, 0) is 11.3 Å². The van der Waals surface area contributed by atoms with E-state index in [4.69, 9.17) is 4.42 Å². The average molecular weight is 340 g/mol. The minimum atomic E-state index is -0.175. The third-order valence-electron chi connectivity index (χ3n) is 4.08. The van der Waals surface area contributed by atoms with Gasteiger partial charge in [0.2, 0.25) is 5.91 Å². The van der Waals surface area contributed by atoms with Gasteiger partial charge in [-0.05, 0) is 38.5 Å². The largest absolute Gasteiger partial charge is 0.459 e. The monoisotopic (exact) mass is 340 g/mol. The summed E-state index contributed by atoms with van der Waals surface area (Å²) in [5.74, 6) is 0.700. The molecule has 0 aliphatic rings. The molecule has 0 aliphatic carbocycles. The average Bonchev–Trinajstić information content (AvgIpc) is 3.19. The van der Waals surface area contributed by atoms with Crippen molar-refractivity contribution in [3.05, 3.63) is 54.0 Å². The van der Waals surface area contributed by atoms with Crippen LogP contribution in [0.15, 0.2) is 47.1 Å². The van der Waals surface area contributed by atoms with Crippen LogP contribution in [0.2, 0.25) is 0 Å². The van der Waals surface area contributed by atoms with Gasteiger partial charge in [-0.25, -0.2) is 0 Å². The maximum Gasteiger partial charge on any atom is 0.234 e. The second-order valence-corrected chi connectivity index (χ2v) is 6.50. The lowest BCUT2D eigenvalue weighted by Gasteiger charge is -2.15. The fraction of sp³-hybridized carbons (Fsp3) is 0.368. The van der Waals surface area contributed by atoms with Gasteiger partial charge in [0.05, 0.1) is 25.3 Å². The van der Waals surface area contributed by atoms with E-state index in [1.807, 2.05) is 68.2 Å². The van der Waals surface area contributed by atoms with Crippen molar-refractivity contribution < 1.29 is 9.21 Å². The van der Waals surface area contributed by atoms with Crippen LogP contribution in [0.3, 0.4) is 0 Å². The Hall–Kier alpha value is -2.60. The zero-order valence-corrected chi connectivity index (χ0v) is 14.8. The molecule has 2 aromatic heterocycles. The number of amides is 1. The summed E-state index contributed by atoms with van der Waals surface area (Å²) in [6, 6.07) is 9.77. The van der Waals surface area contributed by atoms with Gasteiger partial charge in [0.1, 0.15) is 11.3 Å². The molecule has 0 saturated heterocycles. The predicted molar refractivity (Wildman–Crippen MR) is 97.2 cm³/mol. The van der Waals surface area contributed by atoms with Gasteiger partial charge < -0.3 is 15.1 Å². The number of aryl methyl sites for hydroxylation is 1. The van der Waals surface area contributed by atoms with Gasteiger partial charge >= 0.3 is 0 Å². The number of carbonyl (C=O) groups is 1. The standard InChI is InChI=1S/C19H24N4O2/c1-13-9-21-23(11-13)12-14(2)20-10-19(24)22-15(3)18-8-16-6-4-5-7-17(16)25-18/h4-9,11,14-15,20H,10,12H2,1-3H3,(H,22,24)/t14-,15+/m1/s1. The Morgan fingerprint density at radius 2 is 2.12 bits per heavy atom. The molecule has 1 amide bonds. The topological polar surface area (TPSA) is 72.1 Å². The van der Waals surface area contributed by atoms with E-state index in [-0.39, 0.29) is 24.5 Å². The highest BCUT2D eigenvalue weighted by Gasteiger charge is 2.14. The number of hydrogen-bond acceptors (Lipinski definition) is 4. The minimum Gasteiger partial charge on any atom is -0.459 e. The molecule has 0 saturated carbocycles. The lowest BCUT2D eigenvalue weighted by atomic mass is 10.2. The summed E-state index contributed by atoms with van der Waals surface area (Å²) >= 11 is 0. The van der Waals surface area contributed by atoms with Crippen molar-refractivity contribution in [2.24, 2.45) is 0 Å². The number of carbonyl (C=O) groups excluding carboxylic acids is 1. The van der Waals surface area contributed by atoms with Crippen molar-refractivity contribution in [1.82, 2.24) is 20.4 Å². The van der Waals surface area contributed by atoms with Gasteiger partial charge in [-0.2, -0.15) is 5.10 Å². The summed E-state index contributed by atoms with van der Waals surface area (Å²) in [5.41, 5.74) is 1.96. The maximum absolute atomic E-state index is 12.2. The molecule has 0 radical (unpaired) electrons. The van der Waals surface area contributed by atoms with Crippen molar-refractivity contribution in [1.29, 1.82) is 0 Å². The summed E-state index contributed by atoms with van der Waals surface area (Å²) in [4.78, 5) is 12.2. The summed E-state index contributed by atoms with van der Waals surface area (Å²) in [7, 11) is 0. The molecule has 0 fully saturated rings. The first kappa shape index (κ1) is 17.2. The summed E-state index contributed by atoms with van der Waals surface area (Å²) < 4.78 is 7.67. The number of benzene rings is 1.